The zero-order chi connectivity index (χ0) is 38.7. The third kappa shape index (κ3) is 7.86. The Bertz CT molecular complexity index is 1630. The fourth-order valence-electron chi connectivity index (χ4n) is 8.49. The maximum Gasteiger partial charge on any atom is 0.239 e. The van der Waals surface area contributed by atoms with E-state index in [2.05, 4.69) is 27.7 Å². The Morgan fingerprint density at radius 2 is 0.849 bits per heavy atom. The molecule has 5 rings (SSSR count). The highest BCUT2D eigenvalue weighted by Gasteiger charge is 2.58. The van der Waals surface area contributed by atoms with Crippen molar-refractivity contribution in [2.45, 2.75) is 117 Å². The average molecular weight is 717 g/mol. The highest BCUT2D eigenvalue weighted by Crippen LogP contribution is 2.49. The molecule has 1 saturated carbocycles. The summed E-state index contributed by atoms with van der Waals surface area (Å²) in [5.74, 6) is -1.05. The molecule has 0 saturated heterocycles. The molecule has 2 atom stereocenters. The van der Waals surface area contributed by atoms with Gasteiger partial charge in [0.25, 0.3) is 0 Å². The normalized spacial score (nSPS) is 15.8. The SMILES string of the molecule is Cc1ccc(C(O)(c2ccc(C)cc2)C(CC(C)C)N(C(=O)C2(C(N)=O)CCCC2)C(CC(C)C)C(O)(c2ccc(C)cc2)c2ccc(C)cc2)cc1. The Morgan fingerprint density at radius 3 is 1.08 bits per heavy atom. The minimum atomic E-state index is -1.74. The van der Waals surface area contributed by atoms with Gasteiger partial charge in [0, 0.05) is 0 Å². The van der Waals surface area contributed by atoms with E-state index in [9.17, 15) is 15.0 Å². The largest absolute Gasteiger partial charge is 0.378 e. The van der Waals surface area contributed by atoms with Crippen LogP contribution in [-0.2, 0) is 20.8 Å². The summed E-state index contributed by atoms with van der Waals surface area (Å²) in [6.07, 6.45) is 2.78. The first kappa shape index (κ1) is 39.9. The number of carbonyl (C=O) groups is 2. The molecule has 0 spiro atoms. The molecule has 4 N–H and O–H groups in total. The molecule has 4 aromatic carbocycles. The van der Waals surface area contributed by atoms with Crippen molar-refractivity contribution in [2.75, 3.05) is 0 Å². The van der Waals surface area contributed by atoms with Crippen LogP contribution in [0.3, 0.4) is 0 Å². The molecular formula is C47H60N2O4. The van der Waals surface area contributed by atoms with E-state index in [1.54, 1.807) is 4.90 Å². The number of nitrogens with zero attached hydrogens (tertiary/aromatic N) is 1. The average Bonchev–Trinajstić information content (AvgIpc) is 3.63. The number of rotatable bonds is 14. The Hall–Kier alpha value is -4.26. The molecule has 53 heavy (non-hydrogen) atoms. The molecule has 2 unspecified atom stereocenters. The predicted molar refractivity (Wildman–Crippen MR) is 214 cm³/mol. The highest BCUT2D eigenvalue weighted by atomic mass is 16.3. The minimum Gasteiger partial charge on any atom is -0.378 e. The lowest BCUT2D eigenvalue weighted by atomic mass is 9.70. The van der Waals surface area contributed by atoms with Crippen LogP contribution in [0.2, 0.25) is 0 Å². The lowest BCUT2D eigenvalue weighted by Gasteiger charge is -2.53. The number of hydrogen-bond donors (Lipinski definition) is 3. The van der Waals surface area contributed by atoms with E-state index in [4.69, 9.17) is 5.73 Å². The van der Waals surface area contributed by atoms with Crippen LogP contribution in [-0.4, -0.2) is 39.0 Å². The third-order valence-corrected chi connectivity index (χ3v) is 11.6. The molecule has 1 fully saturated rings. The van der Waals surface area contributed by atoms with Gasteiger partial charge in [-0.1, -0.05) is 160 Å². The van der Waals surface area contributed by atoms with Crippen LogP contribution < -0.4 is 5.73 Å². The lowest BCUT2D eigenvalue weighted by Crippen LogP contribution is -2.66. The highest BCUT2D eigenvalue weighted by molar-refractivity contribution is 6.05. The second-order valence-corrected chi connectivity index (χ2v) is 16.7. The Morgan fingerprint density at radius 1 is 0.585 bits per heavy atom. The molecule has 0 aromatic heterocycles. The number of hydrogen-bond acceptors (Lipinski definition) is 4. The van der Waals surface area contributed by atoms with E-state index < -0.39 is 40.5 Å². The van der Waals surface area contributed by atoms with Crippen molar-refractivity contribution in [3.05, 3.63) is 142 Å². The summed E-state index contributed by atoms with van der Waals surface area (Å²) in [6.45, 7) is 16.4. The van der Waals surface area contributed by atoms with Crippen LogP contribution in [0.4, 0.5) is 0 Å². The third-order valence-electron chi connectivity index (χ3n) is 11.6. The Kier molecular flexibility index (Phi) is 12.1. The van der Waals surface area contributed by atoms with Gasteiger partial charge in [-0.15, -0.1) is 0 Å². The van der Waals surface area contributed by atoms with Crippen molar-refractivity contribution >= 4 is 11.8 Å². The van der Waals surface area contributed by atoms with Crippen LogP contribution in [0, 0.1) is 44.9 Å². The van der Waals surface area contributed by atoms with Gasteiger partial charge in [0.2, 0.25) is 11.8 Å². The molecule has 6 nitrogen and oxygen atoms in total. The van der Waals surface area contributed by atoms with E-state index in [0.717, 1.165) is 22.3 Å². The van der Waals surface area contributed by atoms with Crippen molar-refractivity contribution in [3.63, 3.8) is 0 Å². The van der Waals surface area contributed by atoms with Gasteiger partial charge >= 0.3 is 0 Å². The number of aryl methyl sites for hydroxylation is 4. The molecule has 0 aliphatic heterocycles. The smallest absolute Gasteiger partial charge is 0.239 e. The van der Waals surface area contributed by atoms with Crippen molar-refractivity contribution in [1.29, 1.82) is 0 Å². The van der Waals surface area contributed by atoms with Gasteiger partial charge in [-0.25, -0.2) is 0 Å². The first-order chi connectivity index (χ1) is 25.0. The maximum atomic E-state index is 16.0. The zero-order valence-electron chi connectivity index (χ0n) is 33.0. The van der Waals surface area contributed by atoms with E-state index in [0.29, 0.717) is 60.8 Å². The Balaban J connectivity index is 1.94. The molecule has 2 amide bonds. The summed E-state index contributed by atoms with van der Waals surface area (Å²) in [5.41, 5.74) is 8.02. The van der Waals surface area contributed by atoms with E-state index in [1.165, 1.54) is 0 Å². The molecule has 1 aliphatic rings. The van der Waals surface area contributed by atoms with Gasteiger partial charge in [0.05, 0.1) is 12.1 Å². The monoisotopic (exact) mass is 716 g/mol. The molecule has 0 bridgehead atoms. The van der Waals surface area contributed by atoms with Crippen LogP contribution in [0.5, 0.6) is 0 Å². The molecule has 1 aliphatic carbocycles. The van der Waals surface area contributed by atoms with Crippen LogP contribution in [0.25, 0.3) is 0 Å². The second kappa shape index (κ2) is 16.0. The number of aliphatic hydroxyl groups is 2. The molecule has 282 valence electrons. The van der Waals surface area contributed by atoms with Gasteiger partial charge < -0.3 is 20.8 Å². The molecule has 0 heterocycles. The summed E-state index contributed by atoms with van der Waals surface area (Å²) in [4.78, 5) is 31.5. The van der Waals surface area contributed by atoms with Gasteiger partial charge in [-0.05, 0) is 87.5 Å². The number of amides is 2. The van der Waals surface area contributed by atoms with Gasteiger partial charge in [0.1, 0.15) is 16.6 Å². The maximum absolute atomic E-state index is 16.0. The van der Waals surface area contributed by atoms with Crippen LogP contribution in [0.1, 0.15) is 111 Å². The standard InChI is InChI=1S/C47H60N2O4/c1-31(2)29-41(46(52,37-19-11-33(5)12-20-37)38-21-13-34(6)14-22-38)49(44(51)45(43(48)50)27-9-10-28-45)42(30-32(3)4)47(53,39-23-15-35(7)16-24-39)40-25-17-36(8)18-26-40/h11-26,31-32,41-42,52-53H,9-10,27-30H2,1-8H3,(H2,48,50). The van der Waals surface area contributed by atoms with E-state index in [1.807, 2.05) is 125 Å². The lowest BCUT2D eigenvalue weighted by molar-refractivity contribution is -0.169. The fourth-order valence-corrected chi connectivity index (χ4v) is 8.49. The molecule has 6 heteroatoms. The Labute approximate surface area is 317 Å². The van der Waals surface area contributed by atoms with Gasteiger partial charge in [-0.2, -0.15) is 0 Å². The summed E-state index contributed by atoms with van der Waals surface area (Å²) in [6, 6.07) is 29.5. The summed E-state index contributed by atoms with van der Waals surface area (Å²) in [7, 11) is 0. The number of carbonyl (C=O) groups excluding carboxylic acids is 2. The van der Waals surface area contributed by atoms with Crippen molar-refractivity contribution in [2.24, 2.45) is 23.0 Å². The van der Waals surface area contributed by atoms with Crippen molar-refractivity contribution < 1.29 is 19.8 Å². The summed E-state index contributed by atoms with van der Waals surface area (Å²) in [5, 5.41) is 27.6. The van der Waals surface area contributed by atoms with Crippen molar-refractivity contribution in [3.8, 4) is 0 Å². The van der Waals surface area contributed by atoms with Gasteiger partial charge in [-0.3, -0.25) is 9.59 Å². The second-order valence-electron chi connectivity index (χ2n) is 16.7. The first-order valence-corrected chi connectivity index (χ1v) is 19.4. The van der Waals surface area contributed by atoms with Crippen LogP contribution >= 0.6 is 0 Å². The number of primary amides is 1. The first-order valence-electron chi connectivity index (χ1n) is 19.4. The number of benzene rings is 4. The molecular weight excluding hydrogens is 657 g/mol. The fraction of sp³-hybridized carbons (Fsp3) is 0.447. The summed E-state index contributed by atoms with van der Waals surface area (Å²) < 4.78 is 0. The zero-order valence-corrected chi connectivity index (χ0v) is 33.0. The topological polar surface area (TPSA) is 104 Å². The predicted octanol–water partition coefficient (Wildman–Crippen LogP) is 8.80. The minimum absolute atomic E-state index is 0.0115. The van der Waals surface area contributed by atoms with Crippen LogP contribution in [0.15, 0.2) is 97.1 Å². The van der Waals surface area contributed by atoms with E-state index >= 15 is 4.79 Å². The van der Waals surface area contributed by atoms with Crippen molar-refractivity contribution in [1.82, 2.24) is 4.90 Å². The van der Waals surface area contributed by atoms with Gasteiger partial charge in [0.15, 0.2) is 0 Å². The van der Waals surface area contributed by atoms with E-state index in [-0.39, 0.29) is 11.8 Å². The quantitative estimate of drug-likeness (QED) is 0.114. The number of nitrogens with two attached hydrogens (primary N) is 1. The molecule has 0 radical (unpaired) electrons. The molecule has 4 aromatic rings. The summed E-state index contributed by atoms with van der Waals surface area (Å²) >= 11 is 0.